The average Bonchev–Trinajstić information content (AvgIpc) is 3.77. The molecule has 11 heteroatoms. The number of fused-ring (bicyclic) bond motifs is 2. The van der Waals surface area contributed by atoms with Crippen LogP contribution in [0.15, 0.2) is 85.0 Å². The minimum absolute atomic E-state index is 0.0646. The normalized spacial score (nSPS) is 31.7. The van der Waals surface area contributed by atoms with E-state index in [0.29, 0.717) is 17.5 Å². The van der Waals surface area contributed by atoms with E-state index >= 15 is 4.79 Å². The first-order valence-electron chi connectivity index (χ1n) is 17.6. The van der Waals surface area contributed by atoms with Gasteiger partial charge in [0.25, 0.3) is 0 Å². The zero-order valence-electron chi connectivity index (χ0n) is 28.9. The van der Waals surface area contributed by atoms with E-state index in [0.717, 1.165) is 12.8 Å². The van der Waals surface area contributed by atoms with E-state index in [1.54, 1.807) is 17.1 Å². The molecule has 0 aromatic heterocycles. The second kappa shape index (κ2) is 15.3. The van der Waals surface area contributed by atoms with Crippen LogP contribution in [-0.2, 0) is 33.4 Å². The van der Waals surface area contributed by atoms with Gasteiger partial charge in [0.2, 0.25) is 17.7 Å². The number of carbonyl (C=O) groups excluding carboxylic acids is 4. The summed E-state index contributed by atoms with van der Waals surface area (Å²) in [5.41, 5.74) is -0.157. The molecule has 5 bridgehead atoms. The Labute approximate surface area is 293 Å². The molecule has 3 amide bonds. The highest BCUT2D eigenvalue weighted by molar-refractivity contribution is 5.99. The minimum Gasteiger partial charge on any atom is -0.455 e. The summed E-state index contributed by atoms with van der Waals surface area (Å²) in [4.78, 5) is 60.8. The van der Waals surface area contributed by atoms with Crippen molar-refractivity contribution in [2.45, 2.75) is 81.5 Å². The third-order valence-electron chi connectivity index (χ3n) is 10.5. The number of carbonyl (C=O) groups is 4. The number of amides is 3. The van der Waals surface area contributed by atoms with Crippen molar-refractivity contribution in [2.75, 3.05) is 26.9 Å². The maximum absolute atomic E-state index is 15.0. The van der Waals surface area contributed by atoms with Crippen LogP contribution in [0.2, 0.25) is 0 Å². The van der Waals surface area contributed by atoms with E-state index in [1.807, 2.05) is 86.7 Å². The lowest BCUT2D eigenvalue weighted by molar-refractivity contribution is -0.163. The molecule has 2 aromatic rings. The highest BCUT2D eigenvalue weighted by Crippen LogP contribution is 2.57. The van der Waals surface area contributed by atoms with Crippen molar-refractivity contribution in [1.82, 2.24) is 15.1 Å². The Morgan fingerprint density at radius 1 is 1.02 bits per heavy atom. The highest BCUT2D eigenvalue weighted by Gasteiger charge is 2.74. The van der Waals surface area contributed by atoms with Crippen molar-refractivity contribution in [3.05, 3.63) is 96.1 Å². The minimum atomic E-state index is -1.46. The van der Waals surface area contributed by atoms with Crippen LogP contribution in [-0.4, -0.2) is 95.3 Å². The predicted octanol–water partition coefficient (Wildman–Crippen LogP) is 3.65. The van der Waals surface area contributed by atoms with Crippen LogP contribution in [0.3, 0.4) is 0 Å². The van der Waals surface area contributed by atoms with E-state index in [1.165, 1.54) is 12.0 Å². The Bertz CT molecular complexity index is 1600. The number of aliphatic hydroxyl groups is 1. The summed E-state index contributed by atoms with van der Waals surface area (Å²) in [5, 5.41) is 13.9. The SMILES string of the molecule is CCCC(C)N1C/C=C\CCC(=O)N[C@H](COC)[C@@H](c2ccccc2)OC(=O)[C@@H]2[C@@H]3C=C[C@]4(O3)[C@H](C1=O)N([C@H](CO)c1ccccc1)C(=O)[C@@H]24. The predicted molar refractivity (Wildman–Crippen MR) is 184 cm³/mol. The summed E-state index contributed by atoms with van der Waals surface area (Å²) < 4.78 is 18.4. The lowest BCUT2D eigenvalue weighted by atomic mass is 9.74. The summed E-state index contributed by atoms with van der Waals surface area (Å²) in [6.07, 6.45) is 7.66. The standard InChI is InChI=1S/C39H47N3O8/c1-4-14-25(2)41-22-13-7-12-19-31(44)40-28(24-48-3)34(27-17-10-6-11-18-27)49-38(47)32-30-20-21-39(50-30)33(32)36(45)42(35(39)37(41)46)29(23-43)26-15-8-5-9-16-26/h5-11,13,15-18,20-21,25,28-30,32-35,43H,4,12,14,19,22-24H2,1-3H3,(H,40,44)/b13-7-/t25?,28-,29-,30+,32-,33-,34-,35+,39-/m1/s1. The number of rotatable bonds is 9. The number of hydrogen-bond acceptors (Lipinski definition) is 8. The summed E-state index contributed by atoms with van der Waals surface area (Å²) in [5.74, 6) is -3.87. The molecule has 50 heavy (non-hydrogen) atoms. The fourth-order valence-electron chi connectivity index (χ4n) is 8.15. The number of likely N-dealkylation sites (tertiary alicyclic amines) is 1. The number of benzene rings is 2. The van der Waals surface area contributed by atoms with Crippen molar-refractivity contribution in [3.63, 3.8) is 0 Å². The summed E-state index contributed by atoms with van der Waals surface area (Å²) >= 11 is 0. The second-order valence-electron chi connectivity index (χ2n) is 13.6. The van der Waals surface area contributed by atoms with Crippen LogP contribution in [0.25, 0.3) is 0 Å². The van der Waals surface area contributed by atoms with Gasteiger partial charge in [-0.15, -0.1) is 0 Å². The molecule has 1 spiro atoms. The third-order valence-corrected chi connectivity index (χ3v) is 10.5. The first kappa shape index (κ1) is 35.5. The Morgan fingerprint density at radius 2 is 1.74 bits per heavy atom. The van der Waals surface area contributed by atoms with Gasteiger partial charge in [-0.1, -0.05) is 98.3 Å². The Kier molecular flexibility index (Phi) is 10.9. The molecular formula is C39H47N3O8. The largest absolute Gasteiger partial charge is 0.455 e. The molecule has 4 heterocycles. The Balaban J connectivity index is 1.48. The van der Waals surface area contributed by atoms with Gasteiger partial charge in [0.05, 0.1) is 37.3 Å². The van der Waals surface area contributed by atoms with Gasteiger partial charge in [0.1, 0.15) is 23.7 Å². The van der Waals surface area contributed by atoms with Crippen LogP contribution in [0.4, 0.5) is 0 Å². The van der Waals surface area contributed by atoms with Crippen molar-refractivity contribution in [1.29, 1.82) is 0 Å². The quantitative estimate of drug-likeness (QED) is 0.302. The zero-order chi connectivity index (χ0) is 35.4. The number of nitrogens with one attached hydrogen (secondary N) is 1. The van der Waals surface area contributed by atoms with Crippen LogP contribution >= 0.6 is 0 Å². The van der Waals surface area contributed by atoms with Gasteiger partial charge in [-0.05, 0) is 30.9 Å². The van der Waals surface area contributed by atoms with Gasteiger partial charge in [-0.3, -0.25) is 19.2 Å². The number of cyclic esters (lactones) is 1. The van der Waals surface area contributed by atoms with Crippen molar-refractivity contribution in [2.24, 2.45) is 11.8 Å². The van der Waals surface area contributed by atoms with Gasteiger partial charge >= 0.3 is 5.97 Å². The van der Waals surface area contributed by atoms with Crippen molar-refractivity contribution in [3.8, 4) is 0 Å². The maximum atomic E-state index is 15.0. The average molecular weight is 686 g/mol. The molecule has 2 saturated heterocycles. The number of allylic oxidation sites excluding steroid dienone is 1. The van der Waals surface area contributed by atoms with Crippen LogP contribution in [0.5, 0.6) is 0 Å². The van der Waals surface area contributed by atoms with E-state index in [-0.39, 0.29) is 37.4 Å². The fourth-order valence-corrected chi connectivity index (χ4v) is 8.15. The molecule has 1 unspecified atom stereocenters. The molecule has 11 nitrogen and oxygen atoms in total. The van der Waals surface area contributed by atoms with E-state index in [9.17, 15) is 19.5 Å². The van der Waals surface area contributed by atoms with Gasteiger partial charge in [-0.25, -0.2) is 0 Å². The molecular weight excluding hydrogens is 638 g/mol. The molecule has 0 aliphatic carbocycles. The molecule has 4 aliphatic heterocycles. The van der Waals surface area contributed by atoms with Gasteiger partial charge in [0, 0.05) is 26.1 Å². The fraction of sp³-hybridized carbons (Fsp3) is 0.487. The number of hydrogen-bond donors (Lipinski definition) is 2. The number of ether oxygens (including phenoxy) is 3. The van der Waals surface area contributed by atoms with Gasteiger partial charge < -0.3 is 34.4 Å². The Hall–Kier alpha value is -4.32. The molecule has 9 atom stereocenters. The summed E-state index contributed by atoms with van der Waals surface area (Å²) in [6, 6.07) is 15.3. The molecule has 266 valence electrons. The van der Waals surface area contributed by atoms with Crippen LogP contribution in [0.1, 0.15) is 62.8 Å². The first-order chi connectivity index (χ1) is 24.2. The van der Waals surface area contributed by atoms with E-state index in [2.05, 4.69) is 5.32 Å². The lowest BCUT2D eigenvalue weighted by Crippen LogP contribution is -2.58. The number of methoxy groups -OCH3 is 1. The van der Waals surface area contributed by atoms with Gasteiger partial charge in [0.15, 0.2) is 0 Å². The Morgan fingerprint density at radius 3 is 2.42 bits per heavy atom. The molecule has 0 saturated carbocycles. The zero-order valence-corrected chi connectivity index (χ0v) is 28.9. The van der Waals surface area contributed by atoms with Crippen molar-refractivity contribution >= 4 is 23.7 Å². The first-order valence-corrected chi connectivity index (χ1v) is 17.6. The third kappa shape index (κ3) is 6.50. The molecule has 6 rings (SSSR count). The molecule has 2 fully saturated rings. The molecule has 2 N–H and O–H groups in total. The van der Waals surface area contributed by atoms with Crippen molar-refractivity contribution < 1.29 is 38.5 Å². The molecule has 4 aliphatic rings. The van der Waals surface area contributed by atoms with Gasteiger partial charge in [-0.2, -0.15) is 0 Å². The molecule has 0 radical (unpaired) electrons. The number of esters is 1. The lowest BCUT2D eigenvalue weighted by Gasteiger charge is -2.40. The number of nitrogens with zero attached hydrogens (tertiary/aromatic N) is 2. The topological polar surface area (TPSA) is 135 Å². The van der Waals surface area contributed by atoms with E-state index < -0.39 is 66.3 Å². The summed E-state index contributed by atoms with van der Waals surface area (Å²) in [7, 11) is 1.51. The van der Waals surface area contributed by atoms with E-state index in [4.69, 9.17) is 14.2 Å². The monoisotopic (exact) mass is 685 g/mol. The smallest absolute Gasteiger partial charge is 0.313 e. The summed E-state index contributed by atoms with van der Waals surface area (Å²) in [6.45, 7) is 3.90. The van der Waals surface area contributed by atoms with Crippen LogP contribution in [0, 0.1) is 11.8 Å². The molecule has 2 aromatic carbocycles. The number of aliphatic hydroxyl groups excluding tert-OH is 1. The van der Waals surface area contributed by atoms with Crippen LogP contribution < -0.4 is 5.32 Å². The second-order valence-corrected chi connectivity index (χ2v) is 13.6. The highest BCUT2D eigenvalue weighted by atomic mass is 16.6. The maximum Gasteiger partial charge on any atom is 0.313 e.